The lowest BCUT2D eigenvalue weighted by atomic mass is 10.0. The fourth-order valence-electron chi connectivity index (χ4n) is 4.41. The lowest BCUT2D eigenvalue weighted by Crippen LogP contribution is -2.51. The van der Waals surface area contributed by atoms with Crippen molar-refractivity contribution >= 4 is 21.6 Å². The number of piperazine rings is 1. The van der Waals surface area contributed by atoms with E-state index >= 15 is 0 Å². The van der Waals surface area contributed by atoms with E-state index in [4.69, 9.17) is 4.52 Å². The van der Waals surface area contributed by atoms with Gasteiger partial charge in [0.05, 0.1) is 0 Å². The van der Waals surface area contributed by atoms with Crippen LogP contribution in [-0.4, -0.2) is 54.9 Å². The number of sulfonamides is 1. The van der Waals surface area contributed by atoms with E-state index in [1.54, 1.807) is 13.8 Å². The molecule has 1 amide bonds. The number of carbonyl (C=O) groups excluding carboxylic acids is 1. The van der Waals surface area contributed by atoms with Crippen LogP contribution in [0.25, 0.3) is 0 Å². The Labute approximate surface area is 200 Å². The van der Waals surface area contributed by atoms with Gasteiger partial charge in [0, 0.05) is 31.9 Å². The monoisotopic (exact) mass is 482 g/mol. The van der Waals surface area contributed by atoms with Crippen molar-refractivity contribution < 1.29 is 17.7 Å². The Bertz CT molecular complexity index is 1260. The summed E-state index contributed by atoms with van der Waals surface area (Å²) >= 11 is 0. The maximum Gasteiger partial charge on any atom is 0.248 e. The van der Waals surface area contributed by atoms with Crippen LogP contribution in [0.1, 0.15) is 34.2 Å². The second-order valence-corrected chi connectivity index (χ2v) is 10.6. The zero-order valence-electron chi connectivity index (χ0n) is 19.9. The van der Waals surface area contributed by atoms with Gasteiger partial charge in [-0.1, -0.05) is 47.6 Å². The molecule has 4 rings (SSSR count). The number of rotatable bonds is 6. The van der Waals surface area contributed by atoms with E-state index in [0.717, 1.165) is 22.4 Å². The zero-order chi connectivity index (χ0) is 24.5. The fourth-order valence-corrected chi connectivity index (χ4v) is 6.12. The highest BCUT2D eigenvalue weighted by molar-refractivity contribution is 7.89. The number of aromatic nitrogens is 1. The van der Waals surface area contributed by atoms with E-state index in [1.165, 1.54) is 4.31 Å². The van der Waals surface area contributed by atoms with E-state index in [9.17, 15) is 13.2 Å². The number of nitrogens with one attached hydrogen (secondary N) is 1. The Hall–Kier alpha value is -3.01. The molecule has 1 aliphatic rings. The summed E-state index contributed by atoms with van der Waals surface area (Å²) < 4.78 is 32.9. The molecule has 9 heteroatoms. The van der Waals surface area contributed by atoms with Crippen molar-refractivity contribution in [2.45, 2.75) is 38.6 Å². The standard InChI is InChI=1S/C25H30N4O4S/c1-17-10-11-18(2)22(16-17)26-25(30)23(21-8-6-5-7-9-21)28-12-14-29(15-13-28)34(31,32)24-19(3)27-33-20(24)4/h5-11,16,23H,12-15H2,1-4H3,(H,26,30)/t23-/m1/s1. The van der Waals surface area contributed by atoms with Crippen molar-refractivity contribution in [2.75, 3.05) is 31.5 Å². The number of amides is 1. The van der Waals surface area contributed by atoms with Gasteiger partial charge in [-0.05, 0) is 50.5 Å². The van der Waals surface area contributed by atoms with E-state index in [2.05, 4.69) is 10.5 Å². The van der Waals surface area contributed by atoms with Crippen LogP contribution in [0, 0.1) is 27.7 Å². The van der Waals surface area contributed by atoms with E-state index in [1.807, 2.05) is 67.3 Å². The van der Waals surface area contributed by atoms with Gasteiger partial charge in [-0.3, -0.25) is 9.69 Å². The van der Waals surface area contributed by atoms with Gasteiger partial charge in [-0.15, -0.1) is 0 Å². The van der Waals surface area contributed by atoms with Gasteiger partial charge >= 0.3 is 0 Å². The normalized spacial score (nSPS) is 16.4. The predicted octanol–water partition coefficient (Wildman–Crippen LogP) is 3.59. The Kier molecular flexibility index (Phi) is 6.88. The number of anilines is 1. The average molecular weight is 483 g/mol. The summed E-state index contributed by atoms with van der Waals surface area (Å²) in [6.45, 7) is 8.56. The first-order valence-corrected chi connectivity index (χ1v) is 12.7. The molecule has 1 aliphatic heterocycles. The number of carbonyl (C=O) groups is 1. The summed E-state index contributed by atoms with van der Waals surface area (Å²) in [6, 6.07) is 15.0. The minimum atomic E-state index is -3.72. The number of hydrogen-bond acceptors (Lipinski definition) is 6. The van der Waals surface area contributed by atoms with Crippen LogP contribution in [0.2, 0.25) is 0 Å². The third-order valence-electron chi connectivity index (χ3n) is 6.22. The average Bonchev–Trinajstić information content (AvgIpc) is 3.16. The summed E-state index contributed by atoms with van der Waals surface area (Å²) in [7, 11) is -3.72. The quantitative estimate of drug-likeness (QED) is 0.577. The molecule has 1 atom stereocenters. The first kappa shape index (κ1) is 24.1. The number of nitrogens with zero attached hydrogens (tertiary/aromatic N) is 3. The minimum Gasteiger partial charge on any atom is -0.360 e. The first-order chi connectivity index (χ1) is 16.2. The molecule has 1 N–H and O–H groups in total. The lowest BCUT2D eigenvalue weighted by molar-refractivity contribution is -0.122. The third kappa shape index (κ3) is 4.77. The van der Waals surface area contributed by atoms with Crippen molar-refractivity contribution in [1.82, 2.24) is 14.4 Å². The van der Waals surface area contributed by atoms with Gasteiger partial charge in [-0.2, -0.15) is 4.31 Å². The Morgan fingerprint density at radius 1 is 1.00 bits per heavy atom. The van der Waals surface area contributed by atoms with Crippen molar-refractivity contribution in [3.05, 3.63) is 76.7 Å². The Morgan fingerprint density at radius 3 is 2.29 bits per heavy atom. The molecule has 8 nitrogen and oxygen atoms in total. The molecule has 1 aromatic heterocycles. The third-order valence-corrected chi connectivity index (χ3v) is 8.36. The van der Waals surface area contributed by atoms with E-state index in [0.29, 0.717) is 18.8 Å². The highest BCUT2D eigenvalue weighted by Crippen LogP contribution is 2.29. The molecule has 34 heavy (non-hydrogen) atoms. The molecule has 180 valence electrons. The molecule has 1 saturated heterocycles. The largest absolute Gasteiger partial charge is 0.360 e. The summed E-state index contributed by atoms with van der Waals surface area (Å²) in [5.41, 5.74) is 4.06. The van der Waals surface area contributed by atoms with Gasteiger partial charge in [0.1, 0.15) is 16.6 Å². The summed E-state index contributed by atoms with van der Waals surface area (Å²) in [5.74, 6) is 0.150. The second kappa shape index (κ2) is 9.69. The highest BCUT2D eigenvalue weighted by atomic mass is 32.2. The van der Waals surface area contributed by atoms with Crippen LogP contribution in [0.4, 0.5) is 5.69 Å². The minimum absolute atomic E-state index is 0.133. The first-order valence-electron chi connectivity index (χ1n) is 11.3. The number of aryl methyl sites for hydroxylation is 4. The van der Waals surface area contributed by atoms with Gasteiger partial charge in [-0.25, -0.2) is 8.42 Å². The molecule has 3 aromatic rings. The molecule has 0 unspecified atom stereocenters. The smallest absolute Gasteiger partial charge is 0.248 e. The maximum atomic E-state index is 13.5. The summed E-state index contributed by atoms with van der Waals surface area (Å²) in [4.78, 5) is 15.7. The molecule has 0 bridgehead atoms. The van der Waals surface area contributed by atoms with Crippen LogP contribution >= 0.6 is 0 Å². The molecule has 0 radical (unpaired) electrons. The SMILES string of the molecule is Cc1ccc(C)c(NC(=O)[C@@H](c2ccccc2)N2CCN(S(=O)(=O)c3c(C)noc3C)CC2)c1. The maximum absolute atomic E-state index is 13.5. The Balaban J connectivity index is 1.56. The fraction of sp³-hybridized carbons (Fsp3) is 0.360. The van der Waals surface area contributed by atoms with Crippen molar-refractivity contribution in [3.63, 3.8) is 0 Å². The summed E-state index contributed by atoms with van der Waals surface area (Å²) in [5, 5.41) is 6.88. The van der Waals surface area contributed by atoms with Gasteiger partial charge in [0.2, 0.25) is 15.9 Å². The number of benzene rings is 2. The van der Waals surface area contributed by atoms with Crippen LogP contribution < -0.4 is 5.32 Å². The Morgan fingerprint density at radius 2 is 1.68 bits per heavy atom. The molecule has 0 saturated carbocycles. The van der Waals surface area contributed by atoms with Crippen LogP contribution in [0.5, 0.6) is 0 Å². The van der Waals surface area contributed by atoms with Gasteiger partial charge in [0.25, 0.3) is 0 Å². The van der Waals surface area contributed by atoms with Crippen molar-refractivity contribution in [3.8, 4) is 0 Å². The van der Waals surface area contributed by atoms with Crippen LogP contribution in [0.15, 0.2) is 57.9 Å². The lowest BCUT2D eigenvalue weighted by Gasteiger charge is -2.38. The van der Waals surface area contributed by atoms with E-state index in [-0.39, 0.29) is 29.7 Å². The number of hydrogen-bond donors (Lipinski definition) is 1. The van der Waals surface area contributed by atoms with Gasteiger partial charge < -0.3 is 9.84 Å². The van der Waals surface area contributed by atoms with Crippen molar-refractivity contribution in [2.24, 2.45) is 0 Å². The zero-order valence-corrected chi connectivity index (χ0v) is 20.7. The molecule has 1 fully saturated rings. The van der Waals surface area contributed by atoms with Crippen LogP contribution in [-0.2, 0) is 14.8 Å². The molecule has 2 heterocycles. The van der Waals surface area contributed by atoms with E-state index < -0.39 is 16.1 Å². The summed E-state index contributed by atoms with van der Waals surface area (Å²) in [6.07, 6.45) is 0. The molecular formula is C25H30N4O4S. The second-order valence-electron chi connectivity index (χ2n) is 8.71. The topological polar surface area (TPSA) is 95.8 Å². The molecule has 2 aromatic carbocycles. The molecule has 0 aliphatic carbocycles. The van der Waals surface area contributed by atoms with Crippen LogP contribution in [0.3, 0.4) is 0 Å². The molecule has 0 spiro atoms. The molecular weight excluding hydrogens is 452 g/mol. The predicted molar refractivity (Wildman–Crippen MR) is 130 cm³/mol. The highest BCUT2D eigenvalue weighted by Gasteiger charge is 2.36. The van der Waals surface area contributed by atoms with Crippen molar-refractivity contribution in [1.29, 1.82) is 0 Å². The van der Waals surface area contributed by atoms with Gasteiger partial charge in [0.15, 0.2) is 5.76 Å².